The van der Waals surface area contributed by atoms with Gasteiger partial charge in [-0.05, 0) is 78.2 Å². The zero-order valence-electron chi connectivity index (χ0n) is 26.8. The Kier molecular flexibility index (Phi) is 23.9. The molecule has 0 amide bonds. The molecule has 0 aliphatic heterocycles. The van der Waals surface area contributed by atoms with Crippen LogP contribution in [0.5, 0.6) is 0 Å². The molecule has 0 aromatic carbocycles. The summed E-state index contributed by atoms with van der Waals surface area (Å²) in [6, 6.07) is 0. The molecule has 1 atom stereocenters. The van der Waals surface area contributed by atoms with Crippen molar-refractivity contribution in [3.05, 3.63) is 144 Å². The Labute approximate surface area is 238 Å². The SMILES string of the molecule is C=C.C=C/C=C1\C(=C/C)C(C)=C(/C=C\CC)C12C(/C=C\CC)=C(C=C)C(=C)/C2=C\C=C/C.CC.CC.CC. The molecule has 0 heterocycles. The maximum absolute atomic E-state index is 4.52. The van der Waals surface area contributed by atoms with E-state index in [4.69, 9.17) is 0 Å². The van der Waals surface area contributed by atoms with Crippen molar-refractivity contribution in [3.8, 4) is 0 Å². The van der Waals surface area contributed by atoms with Crippen LogP contribution < -0.4 is 0 Å². The molecule has 0 bridgehead atoms. The predicted octanol–water partition coefficient (Wildman–Crippen LogP) is 12.7. The van der Waals surface area contributed by atoms with E-state index in [1.807, 2.05) is 60.6 Å². The molecule has 1 spiro atoms. The maximum atomic E-state index is 4.52. The number of rotatable bonds is 7. The minimum atomic E-state index is -0.405. The van der Waals surface area contributed by atoms with Gasteiger partial charge in [0.05, 0.1) is 5.41 Å². The summed E-state index contributed by atoms with van der Waals surface area (Å²) in [4.78, 5) is 0. The molecule has 1 unspecified atom stereocenters. The highest BCUT2D eigenvalue weighted by molar-refractivity contribution is 5.83. The Morgan fingerprint density at radius 2 is 1.26 bits per heavy atom. The highest BCUT2D eigenvalue weighted by atomic mass is 14.5. The first-order valence-electron chi connectivity index (χ1n) is 14.5. The van der Waals surface area contributed by atoms with Crippen molar-refractivity contribution in [2.24, 2.45) is 5.41 Å². The van der Waals surface area contributed by atoms with Gasteiger partial charge in [-0.1, -0.05) is 142 Å². The van der Waals surface area contributed by atoms with E-state index in [0.29, 0.717) is 0 Å². The molecule has 38 heavy (non-hydrogen) atoms. The van der Waals surface area contributed by atoms with Gasteiger partial charge >= 0.3 is 0 Å². The van der Waals surface area contributed by atoms with Crippen LogP contribution in [0.4, 0.5) is 0 Å². The Morgan fingerprint density at radius 1 is 0.763 bits per heavy atom. The Hall–Kier alpha value is -3.12. The van der Waals surface area contributed by atoms with E-state index in [1.54, 1.807) is 0 Å². The first kappa shape index (κ1) is 39.4. The largest absolute Gasteiger partial charge is 0.106 e. The molecule has 0 saturated heterocycles. The van der Waals surface area contributed by atoms with Crippen LogP contribution in [0.1, 0.15) is 89.0 Å². The molecule has 0 aromatic heterocycles. The highest BCUT2D eigenvalue weighted by Crippen LogP contribution is 2.65. The minimum absolute atomic E-state index is 0.405. The second-order valence-corrected chi connectivity index (χ2v) is 7.54. The summed E-state index contributed by atoms with van der Waals surface area (Å²) in [5.74, 6) is 0. The van der Waals surface area contributed by atoms with Gasteiger partial charge in [-0.25, -0.2) is 0 Å². The van der Waals surface area contributed by atoms with E-state index in [1.165, 1.54) is 33.4 Å². The van der Waals surface area contributed by atoms with Crippen LogP contribution in [0.2, 0.25) is 0 Å². The van der Waals surface area contributed by atoms with Crippen LogP contribution in [0.25, 0.3) is 0 Å². The van der Waals surface area contributed by atoms with Crippen LogP contribution in [-0.4, -0.2) is 0 Å². The lowest BCUT2D eigenvalue weighted by Gasteiger charge is -2.33. The van der Waals surface area contributed by atoms with Crippen LogP contribution in [0, 0.1) is 5.41 Å². The van der Waals surface area contributed by atoms with Gasteiger partial charge in [0.15, 0.2) is 0 Å². The second kappa shape index (κ2) is 23.0. The van der Waals surface area contributed by atoms with Crippen molar-refractivity contribution >= 4 is 0 Å². The fraction of sp³-hybridized carbons (Fsp3) is 0.368. The highest BCUT2D eigenvalue weighted by Gasteiger charge is 2.54. The molecule has 0 aromatic rings. The average Bonchev–Trinajstić information content (AvgIpc) is 3.35. The van der Waals surface area contributed by atoms with Gasteiger partial charge in [-0.3, -0.25) is 0 Å². The number of allylic oxidation sites excluding steroid dienone is 19. The lowest BCUT2D eigenvalue weighted by atomic mass is 9.67. The van der Waals surface area contributed by atoms with Crippen molar-refractivity contribution in [1.82, 2.24) is 0 Å². The summed E-state index contributed by atoms with van der Waals surface area (Å²) < 4.78 is 0. The Bertz CT molecular complexity index is 989. The van der Waals surface area contributed by atoms with Crippen LogP contribution >= 0.6 is 0 Å². The van der Waals surface area contributed by atoms with E-state index in [2.05, 4.69) is 115 Å². The van der Waals surface area contributed by atoms with E-state index >= 15 is 0 Å². The van der Waals surface area contributed by atoms with E-state index in [9.17, 15) is 0 Å². The molecular formula is C38H58. The smallest absolute Gasteiger partial charge is 0.0721 e. The van der Waals surface area contributed by atoms with Crippen molar-refractivity contribution in [1.29, 1.82) is 0 Å². The average molecular weight is 515 g/mol. The Balaban J connectivity index is -0.00000140. The number of hydrogen-bond donors (Lipinski definition) is 0. The third kappa shape index (κ3) is 8.19. The van der Waals surface area contributed by atoms with Gasteiger partial charge in [-0.2, -0.15) is 0 Å². The van der Waals surface area contributed by atoms with Crippen molar-refractivity contribution in [2.45, 2.75) is 89.0 Å². The van der Waals surface area contributed by atoms with Crippen LogP contribution in [0.15, 0.2) is 144 Å². The van der Waals surface area contributed by atoms with Crippen LogP contribution in [-0.2, 0) is 0 Å². The molecule has 2 aliphatic carbocycles. The van der Waals surface area contributed by atoms with Gasteiger partial charge in [0.2, 0.25) is 0 Å². The van der Waals surface area contributed by atoms with E-state index in [0.717, 1.165) is 24.0 Å². The third-order valence-corrected chi connectivity index (χ3v) is 5.93. The minimum Gasteiger partial charge on any atom is -0.106 e. The van der Waals surface area contributed by atoms with Gasteiger partial charge in [0, 0.05) is 0 Å². The summed E-state index contributed by atoms with van der Waals surface area (Å²) in [7, 11) is 0. The normalized spacial score (nSPS) is 21.4. The van der Waals surface area contributed by atoms with Crippen LogP contribution in [0.3, 0.4) is 0 Å². The standard InChI is InChI=1S/C30H36.3C2H6.C2H4/c1-9-15-19-26-22(7)24(13-5)28(18-12-4)30(26)27(20-16-10-2)23(8)25(14-6)29(30)21-17-11-3;4*1-2/h10,12-21H,4,6,8-9,11H2,1-3,5,7H3;3*1-2H3;1-2H2/b16-10-,19-15-,21-17-,24-13-,27-20+,28-18+;;;;. The molecule has 0 heteroatoms. The van der Waals surface area contributed by atoms with Crippen molar-refractivity contribution < 1.29 is 0 Å². The molecule has 0 N–H and O–H groups in total. The lowest BCUT2D eigenvalue weighted by molar-refractivity contribution is 0.697. The quantitative estimate of drug-likeness (QED) is 0.296. The summed E-state index contributed by atoms with van der Waals surface area (Å²) in [5.41, 5.74) is 9.38. The van der Waals surface area contributed by atoms with Gasteiger partial charge in [-0.15, -0.1) is 13.2 Å². The molecule has 0 fully saturated rings. The molecule has 2 rings (SSSR count). The molecule has 0 radical (unpaired) electrons. The van der Waals surface area contributed by atoms with Crippen molar-refractivity contribution in [3.63, 3.8) is 0 Å². The van der Waals surface area contributed by atoms with Gasteiger partial charge < -0.3 is 0 Å². The molecule has 2 aliphatic rings. The van der Waals surface area contributed by atoms with E-state index < -0.39 is 5.41 Å². The second-order valence-electron chi connectivity index (χ2n) is 7.54. The molecule has 0 saturated carbocycles. The monoisotopic (exact) mass is 514 g/mol. The van der Waals surface area contributed by atoms with Gasteiger partial charge in [0.1, 0.15) is 0 Å². The molecule has 0 nitrogen and oxygen atoms in total. The summed E-state index contributed by atoms with van der Waals surface area (Å²) >= 11 is 0. The third-order valence-electron chi connectivity index (χ3n) is 5.93. The van der Waals surface area contributed by atoms with Crippen molar-refractivity contribution in [2.75, 3.05) is 0 Å². The summed E-state index contributed by atoms with van der Waals surface area (Å²) in [6.07, 6.45) is 25.7. The first-order chi connectivity index (χ1) is 18.5. The fourth-order valence-electron chi connectivity index (χ4n) is 4.73. The summed E-state index contributed by atoms with van der Waals surface area (Å²) in [6.45, 7) is 41.5. The fourth-order valence-corrected chi connectivity index (χ4v) is 4.73. The number of hydrogen-bond acceptors (Lipinski definition) is 0. The maximum Gasteiger partial charge on any atom is 0.0721 e. The lowest BCUT2D eigenvalue weighted by Crippen LogP contribution is -2.24. The Morgan fingerprint density at radius 3 is 1.66 bits per heavy atom. The zero-order chi connectivity index (χ0) is 30.3. The topological polar surface area (TPSA) is 0 Å². The summed E-state index contributed by atoms with van der Waals surface area (Å²) in [5, 5.41) is 0. The molecule has 210 valence electrons. The zero-order valence-corrected chi connectivity index (χ0v) is 26.8. The van der Waals surface area contributed by atoms with Gasteiger partial charge in [0.25, 0.3) is 0 Å². The molecular weight excluding hydrogens is 456 g/mol. The van der Waals surface area contributed by atoms with E-state index in [-0.39, 0.29) is 0 Å². The first-order valence-corrected chi connectivity index (χ1v) is 14.5. The predicted molar refractivity (Wildman–Crippen MR) is 181 cm³/mol.